The van der Waals surface area contributed by atoms with Crippen LogP contribution in [0, 0.1) is 0 Å². The molecule has 2 atom stereocenters. The second kappa shape index (κ2) is 8.03. The summed E-state index contributed by atoms with van der Waals surface area (Å²) < 4.78 is 7.57. The molecule has 7 heteroatoms. The minimum absolute atomic E-state index is 0.0934. The standard InChI is InChI=1S/C19H25N3O3S/c1-4-8-12(3)22-18-16(19(24)21-22)17(26-11-15(23)20-18)13-9-6-7-10-14(13)25-5-2/h6-7,9-10,12,17H,4-5,8,11H2,1-3H3,(H,20,23)(H,21,24). The molecule has 140 valence electrons. The molecule has 6 nitrogen and oxygen atoms in total. The molecule has 2 aromatic rings. The molecule has 0 saturated carbocycles. The number of carbonyl (C=O) groups is 1. The number of H-pyrrole nitrogens is 1. The molecule has 1 aromatic heterocycles. The third kappa shape index (κ3) is 3.53. The maximum Gasteiger partial charge on any atom is 0.270 e. The summed E-state index contributed by atoms with van der Waals surface area (Å²) in [6.45, 7) is 6.63. The SMILES string of the molecule is CCCC(C)n1[nH]c(=O)c2c1NC(=O)CSC2c1ccccc1OCC. The summed E-state index contributed by atoms with van der Waals surface area (Å²) in [4.78, 5) is 25.1. The fraction of sp³-hybridized carbons (Fsp3) is 0.474. The van der Waals surface area contributed by atoms with Gasteiger partial charge in [0.05, 0.1) is 23.2 Å². The number of rotatable bonds is 6. The average molecular weight is 375 g/mol. The summed E-state index contributed by atoms with van der Waals surface area (Å²) in [6, 6.07) is 7.82. The molecule has 0 fully saturated rings. The maximum atomic E-state index is 12.8. The van der Waals surface area contributed by atoms with Crippen LogP contribution in [0.3, 0.4) is 0 Å². The van der Waals surface area contributed by atoms with Crippen LogP contribution in [-0.4, -0.2) is 28.0 Å². The lowest BCUT2D eigenvalue weighted by Gasteiger charge is -2.18. The van der Waals surface area contributed by atoms with Gasteiger partial charge in [-0.2, -0.15) is 0 Å². The number of hydrogen-bond acceptors (Lipinski definition) is 4. The van der Waals surface area contributed by atoms with Crippen LogP contribution in [-0.2, 0) is 4.79 Å². The number of fused-ring (bicyclic) bond motifs is 1. The molecule has 3 rings (SSSR count). The molecular weight excluding hydrogens is 350 g/mol. The molecule has 2 heterocycles. The third-order valence-electron chi connectivity index (χ3n) is 4.51. The van der Waals surface area contributed by atoms with Crippen molar-refractivity contribution in [2.24, 2.45) is 0 Å². The summed E-state index contributed by atoms with van der Waals surface area (Å²) in [5.41, 5.74) is 1.36. The molecule has 2 unspecified atom stereocenters. The zero-order chi connectivity index (χ0) is 18.7. The average Bonchev–Trinajstić information content (AvgIpc) is 2.83. The van der Waals surface area contributed by atoms with Gasteiger partial charge in [-0.25, -0.2) is 0 Å². The first-order valence-corrected chi connectivity index (χ1v) is 10.1. The maximum absolute atomic E-state index is 12.8. The van der Waals surface area contributed by atoms with E-state index in [0.29, 0.717) is 23.7 Å². The summed E-state index contributed by atoms with van der Waals surface area (Å²) in [6.07, 6.45) is 1.91. The molecule has 0 bridgehead atoms. The van der Waals surface area contributed by atoms with Gasteiger partial charge in [-0.3, -0.25) is 19.4 Å². The van der Waals surface area contributed by atoms with E-state index >= 15 is 0 Å². The highest BCUT2D eigenvalue weighted by Crippen LogP contribution is 2.43. The van der Waals surface area contributed by atoms with Crippen molar-refractivity contribution in [3.8, 4) is 5.75 Å². The number of para-hydroxylation sites is 1. The van der Waals surface area contributed by atoms with E-state index in [1.807, 2.05) is 38.1 Å². The van der Waals surface area contributed by atoms with Gasteiger partial charge in [-0.05, 0) is 26.3 Å². The molecule has 1 aromatic carbocycles. The van der Waals surface area contributed by atoms with Crippen molar-refractivity contribution in [3.63, 3.8) is 0 Å². The first kappa shape index (κ1) is 18.6. The van der Waals surface area contributed by atoms with E-state index in [0.717, 1.165) is 24.2 Å². The van der Waals surface area contributed by atoms with Crippen molar-refractivity contribution in [1.82, 2.24) is 9.78 Å². The van der Waals surface area contributed by atoms with Crippen molar-refractivity contribution in [2.45, 2.75) is 44.9 Å². The van der Waals surface area contributed by atoms with Gasteiger partial charge in [-0.15, -0.1) is 11.8 Å². The first-order chi connectivity index (χ1) is 12.6. The second-order valence-electron chi connectivity index (χ2n) is 6.42. The van der Waals surface area contributed by atoms with E-state index in [1.54, 1.807) is 4.68 Å². The van der Waals surface area contributed by atoms with Gasteiger partial charge in [0.15, 0.2) is 0 Å². The largest absolute Gasteiger partial charge is 0.494 e. The zero-order valence-electron chi connectivity index (χ0n) is 15.4. The van der Waals surface area contributed by atoms with E-state index in [2.05, 4.69) is 17.3 Å². The smallest absolute Gasteiger partial charge is 0.270 e. The van der Waals surface area contributed by atoms with Crippen LogP contribution < -0.4 is 15.6 Å². The highest BCUT2D eigenvalue weighted by molar-refractivity contribution is 8.00. The summed E-state index contributed by atoms with van der Waals surface area (Å²) in [7, 11) is 0. The van der Waals surface area contributed by atoms with Crippen LogP contribution >= 0.6 is 11.8 Å². The lowest BCUT2D eigenvalue weighted by atomic mass is 10.0. The topological polar surface area (TPSA) is 76.1 Å². The molecule has 1 aliphatic heterocycles. The van der Waals surface area contributed by atoms with Gasteiger partial charge in [0.2, 0.25) is 5.91 Å². The normalized spacial score (nSPS) is 18.0. The van der Waals surface area contributed by atoms with Crippen molar-refractivity contribution >= 4 is 23.5 Å². The van der Waals surface area contributed by atoms with Gasteiger partial charge >= 0.3 is 0 Å². The predicted octanol–water partition coefficient (Wildman–Crippen LogP) is 3.71. The number of nitrogens with zero attached hydrogens (tertiary/aromatic N) is 1. The van der Waals surface area contributed by atoms with Crippen molar-refractivity contribution < 1.29 is 9.53 Å². The Morgan fingerprint density at radius 3 is 2.81 bits per heavy atom. The summed E-state index contributed by atoms with van der Waals surface area (Å²) >= 11 is 1.46. The Bertz CT molecular complexity index is 843. The number of thioether (sulfide) groups is 1. The molecule has 26 heavy (non-hydrogen) atoms. The molecule has 2 N–H and O–H groups in total. The van der Waals surface area contributed by atoms with Crippen LogP contribution in [0.1, 0.15) is 56.0 Å². The minimum atomic E-state index is -0.259. The second-order valence-corrected chi connectivity index (χ2v) is 7.51. The van der Waals surface area contributed by atoms with E-state index in [1.165, 1.54) is 11.8 Å². The Hall–Kier alpha value is -2.15. The number of benzene rings is 1. The Labute approximate surface area is 157 Å². The van der Waals surface area contributed by atoms with E-state index in [-0.39, 0.29) is 22.8 Å². The Morgan fingerprint density at radius 2 is 2.08 bits per heavy atom. The lowest BCUT2D eigenvalue weighted by molar-refractivity contribution is -0.113. The van der Waals surface area contributed by atoms with E-state index in [4.69, 9.17) is 4.74 Å². The Kier molecular flexibility index (Phi) is 5.76. The number of amides is 1. The van der Waals surface area contributed by atoms with Gasteiger partial charge in [0.25, 0.3) is 5.56 Å². The van der Waals surface area contributed by atoms with E-state index < -0.39 is 0 Å². The van der Waals surface area contributed by atoms with Gasteiger partial charge in [-0.1, -0.05) is 31.5 Å². The van der Waals surface area contributed by atoms with E-state index in [9.17, 15) is 9.59 Å². The molecule has 0 aliphatic carbocycles. The highest BCUT2D eigenvalue weighted by atomic mass is 32.2. The van der Waals surface area contributed by atoms with Crippen molar-refractivity contribution in [1.29, 1.82) is 0 Å². The van der Waals surface area contributed by atoms with Crippen molar-refractivity contribution in [3.05, 3.63) is 45.7 Å². The van der Waals surface area contributed by atoms with Gasteiger partial charge in [0.1, 0.15) is 11.6 Å². The first-order valence-electron chi connectivity index (χ1n) is 9.04. The van der Waals surface area contributed by atoms with Gasteiger partial charge < -0.3 is 10.1 Å². The molecule has 0 spiro atoms. The number of aromatic nitrogens is 2. The van der Waals surface area contributed by atoms with Gasteiger partial charge in [0, 0.05) is 11.6 Å². The predicted molar refractivity (Wildman–Crippen MR) is 105 cm³/mol. The minimum Gasteiger partial charge on any atom is -0.494 e. The van der Waals surface area contributed by atoms with Crippen molar-refractivity contribution in [2.75, 3.05) is 17.7 Å². The Morgan fingerprint density at radius 1 is 1.31 bits per heavy atom. The van der Waals surface area contributed by atoms with Crippen LogP contribution in [0.4, 0.5) is 5.82 Å². The quantitative estimate of drug-likeness (QED) is 0.807. The summed E-state index contributed by atoms with van der Waals surface area (Å²) in [5, 5.41) is 5.61. The molecule has 1 aliphatic rings. The molecule has 0 radical (unpaired) electrons. The molecular formula is C19H25N3O3S. The number of aromatic amines is 1. The van der Waals surface area contributed by atoms with Crippen LogP contribution in [0.25, 0.3) is 0 Å². The van der Waals surface area contributed by atoms with Crippen LogP contribution in [0.15, 0.2) is 29.1 Å². The summed E-state index contributed by atoms with van der Waals surface area (Å²) in [5.74, 6) is 1.54. The Balaban J connectivity index is 2.14. The highest BCUT2D eigenvalue weighted by Gasteiger charge is 2.32. The number of ether oxygens (including phenoxy) is 1. The number of hydrogen-bond donors (Lipinski definition) is 2. The van der Waals surface area contributed by atoms with Crippen LogP contribution in [0.5, 0.6) is 5.75 Å². The lowest BCUT2D eigenvalue weighted by Crippen LogP contribution is -2.18. The third-order valence-corrected chi connectivity index (χ3v) is 5.76. The fourth-order valence-corrected chi connectivity index (χ4v) is 4.50. The molecule has 1 amide bonds. The van der Waals surface area contributed by atoms with Crippen LogP contribution in [0.2, 0.25) is 0 Å². The number of anilines is 1. The fourth-order valence-electron chi connectivity index (χ4n) is 3.35. The monoisotopic (exact) mass is 375 g/mol. The number of carbonyl (C=O) groups excluding carboxylic acids is 1. The molecule has 0 saturated heterocycles. The zero-order valence-corrected chi connectivity index (χ0v) is 16.2. The number of nitrogens with one attached hydrogen (secondary N) is 2.